The molecule has 1 rings (SSSR count). The smallest absolute Gasteiger partial charge is 0.293 e. The van der Waals surface area contributed by atoms with E-state index in [0.29, 0.717) is 12.2 Å². The Bertz CT molecular complexity index is 396. The Morgan fingerprint density at radius 2 is 1.94 bits per heavy atom. The molecule has 0 saturated heterocycles. The summed E-state index contributed by atoms with van der Waals surface area (Å²) in [6.07, 6.45) is 0. The van der Waals surface area contributed by atoms with Crippen LogP contribution < -0.4 is 5.19 Å². The summed E-state index contributed by atoms with van der Waals surface area (Å²) in [5, 5.41) is 1.24. The molecule has 0 aliphatic heterocycles. The van der Waals surface area contributed by atoms with Crippen molar-refractivity contribution in [2.24, 2.45) is 0 Å². The van der Waals surface area contributed by atoms with Crippen LogP contribution in [-0.2, 0) is 9.78 Å². The maximum Gasteiger partial charge on any atom is 0.373 e. The number of benzene rings is 1. The van der Waals surface area contributed by atoms with Crippen LogP contribution in [0.2, 0.25) is 13.1 Å². The summed E-state index contributed by atoms with van der Waals surface area (Å²) in [6, 6.07) is 7.43. The van der Waals surface area contributed by atoms with Crippen molar-refractivity contribution in [3.05, 3.63) is 42.1 Å². The number of carbonyl (C=O) groups is 1. The number of rotatable bonds is 5. The van der Waals surface area contributed by atoms with Gasteiger partial charge in [0.15, 0.2) is 0 Å². The van der Waals surface area contributed by atoms with Gasteiger partial charge in [-0.25, -0.2) is 4.79 Å². The summed E-state index contributed by atoms with van der Waals surface area (Å²) in [5.74, 6) is -0.462. The van der Waals surface area contributed by atoms with Gasteiger partial charge in [-0.05, 0) is 19.1 Å². The lowest BCUT2D eigenvalue weighted by Crippen LogP contribution is -2.39. The zero-order valence-corrected chi connectivity index (χ0v) is 11.5. The van der Waals surface area contributed by atoms with Gasteiger partial charge in [0.05, 0.1) is 12.2 Å². The second-order valence-corrected chi connectivity index (χ2v) is 8.71. The highest BCUT2D eigenvalue weighted by atomic mass is 28.3. The van der Waals surface area contributed by atoms with Crippen LogP contribution in [0.5, 0.6) is 0 Å². The molecule has 0 aromatic heterocycles. The lowest BCUT2D eigenvalue weighted by atomic mass is 10.2. The van der Waals surface area contributed by atoms with Gasteiger partial charge in [0.1, 0.15) is 8.07 Å². The van der Waals surface area contributed by atoms with Gasteiger partial charge in [-0.15, -0.1) is 6.58 Å². The van der Waals surface area contributed by atoms with Crippen LogP contribution in [0.4, 0.5) is 0 Å². The van der Waals surface area contributed by atoms with Crippen LogP contribution in [-0.4, -0.2) is 20.7 Å². The van der Waals surface area contributed by atoms with Crippen LogP contribution in [0.1, 0.15) is 17.3 Å². The van der Waals surface area contributed by atoms with E-state index in [1.54, 1.807) is 19.1 Å². The largest absolute Gasteiger partial charge is 0.373 e. The average molecular weight is 250 g/mol. The van der Waals surface area contributed by atoms with Gasteiger partial charge < -0.3 is 0 Å². The maximum atomic E-state index is 11.5. The molecule has 1 aromatic rings. The van der Waals surface area contributed by atoms with Crippen molar-refractivity contribution in [3.8, 4) is 0 Å². The highest BCUT2D eigenvalue weighted by molar-refractivity contribution is 6.93. The normalized spacial score (nSPS) is 11.0. The first-order chi connectivity index (χ1) is 8.01. The minimum absolute atomic E-state index is 0.347. The van der Waals surface area contributed by atoms with Gasteiger partial charge in [0.2, 0.25) is 0 Å². The molecular weight excluding hydrogens is 232 g/mol. The number of hydrogen-bond acceptors (Lipinski definition) is 3. The van der Waals surface area contributed by atoms with E-state index in [1.807, 2.05) is 17.8 Å². The summed E-state index contributed by atoms with van der Waals surface area (Å²) in [4.78, 5) is 20.7. The van der Waals surface area contributed by atoms with E-state index >= 15 is 0 Å². The fourth-order valence-corrected chi connectivity index (χ4v) is 2.58. The molecule has 0 N–H and O–H groups in total. The highest BCUT2D eigenvalue weighted by Crippen LogP contribution is 2.07. The fourth-order valence-electron chi connectivity index (χ4n) is 1.31. The van der Waals surface area contributed by atoms with Gasteiger partial charge >= 0.3 is 5.97 Å². The molecular formula is C13H18O3Si. The topological polar surface area (TPSA) is 35.5 Å². The summed E-state index contributed by atoms with van der Waals surface area (Å²) >= 11 is 0. The van der Waals surface area contributed by atoms with E-state index in [9.17, 15) is 4.79 Å². The highest BCUT2D eigenvalue weighted by Gasteiger charge is 2.19. The first-order valence-electron chi connectivity index (χ1n) is 5.59. The summed E-state index contributed by atoms with van der Waals surface area (Å²) in [7, 11) is -1.56. The molecule has 0 unspecified atom stereocenters. The Kier molecular flexibility index (Phi) is 4.66. The van der Waals surface area contributed by atoms with Crippen molar-refractivity contribution in [1.29, 1.82) is 0 Å². The molecule has 0 spiro atoms. The van der Waals surface area contributed by atoms with Crippen molar-refractivity contribution in [1.82, 2.24) is 0 Å². The Labute approximate surface area is 103 Å². The van der Waals surface area contributed by atoms with Crippen molar-refractivity contribution < 1.29 is 14.6 Å². The second kappa shape index (κ2) is 5.79. The molecule has 0 radical (unpaired) electrons. The molecule has 92 valence electrons. The van der Waals surface area contributed by atoms with Crippen LogP contribution >= 0.6 is 0 Å². The summed E-state index contributed by atoms with van der Waals surface area (Å²) in [5.41, 5.74) is 2.51. The Morgan fingerprint density at radius 3 is 2.41 bits per heavy atom. The second-order valence-electron chi connectivity index (χ2n) is 4.28. The third-order valence-corrected chi connectivity index (χ3v) is 5.47. The van der Waals surface area contributed by atoms with E-state index < -0.39 is 14.0 Å². The van der Waals surface area contributed by atoms with Crippen LogP contribution in [0, 0.1) is 0 Å². The number of carbonyl (C=O) groups excluding carboxylic acids is 1. The first-order valence-corrected chi connectivity index (χ1v) is 8.67. The van der Waals surface area contributed by atoms with E-state index in [2.05, 4.69) is 29.4 Å². The van der Waals surface area contributed by atoms with Crippen molar-refractivity contribution in [2.45, 2.75) is 20.0 Å². The van der Waals surface area contributed by atoms with Crippen molar-refractivity contribution in [3.63, 3.8) is 0 Å². The zero-order valence-electron chi connectivity index (χ0n) is 10.5. The molecule has 0 heterocycles. The lowest BCUT2D eigenvalue weighted by molar-refractivity contribution is -0.236. The third kappa shape index (κ3) is 3.54. The summed E-state index contributed by atoms with van der Waals surface area (Å²) < 4.78 is 0. The van der Waals surface area contributed by atoms with Crippen LogP contribution in [0.15, 0.2) is 36.5 Å². The molecule has 0 amide bonds. The standard InChI is InChI=1S/C13H18O3Si/c1-5-15-16-13(14)11-7-9-12(10-8-11)17(3,4)6-2/h6-10H,2,5H2,1,3-4H3. The van der Waals surface area contributed by atoms with Gasteiger partial charge in [-0.1, -0.05) is 36.1 Å². The monoisotopic (exact) mass is 250 g/mol. The van der Waals surface area contributed by atoms with Crippen LogP contribution in [0.3, 0.4) is 0 Å². The molecule has 1 aromatic carbocycles. The van der Waals surface area contributed by atoms with Gasteiger partial charge in [0, 0.05) is 0 Å². The third-order valence-electron chi connectivity index (χ3n) is 2.63. The predicted octanol–water partition coefficient (Wildman–Crippen LogP) is 2.44. The van der Waals surface area contributed by atoms with E-state index in [0.717, 1.165) is 0 Å². The molecule has 0 bridgehead atoms. The van der Waals surface area contributed by atoms with Crippen molar-refractivity contribution >= 4 is 19.2 Å². The molecule has 0 fully saturated rings. The van der Waals surface area contributed by atoms with Gasteiger partial charge in [-0.3, -0.25) is 4.89 Å². The maximum absolute atomic E-state index is 11.5. The van der Waals surface area contributed by atoms with E-state index in [-0.39, 0.29) is 0 Å². The van der Waals surface area contributed by atoms with E-state index in [4.69, 9.17) is 0 Å². The molecule has 0 atom stereocenters. The van der Waals surface area contributed by atoms with Gasteiger partial charge in [-0.2, -0.15) is 4.89 Å². The quantitative estimate of drug-likeness (QED) is 0.457. The molecule has 0 saturated carbocycles. The molecule has 17 heavy (non-hydrogen) atoms. The van der Waals surface area contributed by atoms with Crippen molar-refractivity contribution in [2.75, 3.05) is 6.61 Å². The summed E-state index contributed by atoms with van der Waals surface area (Å²) in [6.45, 7) is 10.4. The zero-order chi connectivity index (χ0) is 12.9. The Balaban J connectivity index is 2.81. The molecule has 0 aliphatic rings. The lowest BCUT2D eigenvalue weighted by Gasteiger charge is -2.17. The molecule has 3 nitrogen and oxygen atoms in total. The van der Waals surface area contributed by atoms with E-state index in [1.165, 1.54) is 5.19 Å². The number of hydrogen-bond donors (Lipinski definition) is 0. The molecule has 4 heteroatoms. The van der Waals surface area contributed by atoms with Gasteiger partial charge in [0.25, 0.3) is 0 Å². The Hall–Kier alpha value is -1.39. The SMILES string of the molecule is C=C[Si](C)(C)c1ccc(C(=O)OOCC)cc1. The minimum atomic E-state index is -1.56. The Morgan fingerprint density at radius 1 is 1.35 bits per heavy atom. The molecule has 0 aliphatic carbocycles. The fraction of sp³-hybridized carbons (Fsp3) is 0.308. The van der Waals surface area contributed by atoms with Crippen LogP contribution in [0.25, 0.3) is 0 Å². The minimum Gasteiger partial charge on any atom is -0.293 e. The predicted molar refractivity (Wildman–Crippen MR) is 70.8 cm³/mol. The first kappa shape index (κ1) is 13.7. The average Bonchev–Trinajstić information content (AvgIpc) is 2.36.